The van der Waals surface area contributed by atoms with E-state index < -0.39 is 11.8 Å². The van der Waals surface area contributed by atoms with E-state index in [0.29, 0.717) is 17.9 Å². The van der Waals surface area contributed by atoms with Crippen molar-refractivity contribution in [1.82, 2.24) is 0 Å². The van der Waals surface area contributed by atoms with Crippen molar-refractivity contribution >= 4 is 17.9 Å². The van der Waals surface area contributed by atoms with Gasteiger partial charge in [-0.3, -0.25) is 0 Å². The maximum Gasteiger partial charge on any atom is 0.363 e. The van der Waals surface area contributed by atoms with Crippen molar-refractivity contribution in [3.05, 3.63) is 76.7 Å². The summed E-state index contributed by atoms with van der Waals surface area (Å²) >= 11 is 0. The molecule has 3 rings (SSSR count). The lowest BCUT2D eigenvalue weighted by atomic mass is 10.1. The van der Waals surface area contributed by atoms with Gasteiger partial charge >= 0.3 is 5.97 Å². The molecular weight excluding hydrogens is 293 g/mol. The number of esters is 1. The van der Waals surface area contributed by atoms with Gasteiger partial charge in [0, 0.05) is 12.0 Å². The zero-order valence-electron chi connectivity index (χ0n) is 12.8. The Morgan fingerprint density at radius 1 is 1.13 bits per heavy atom. The van der Waals surface area contributed by atoms with Gasteiger partial charge in [0.1, 0.15) is 5.82 Å². The third-order valence-corrected chi connectivity index (χ3v) is 3.57. The van der Waals surface area contributed by atoms with Crippen LogP contribution in [0.1, 0.15) is 23.1 Å². The molecule has 0 unspecified atom stereocenters. The van der Waals surface area contributed by atoms with Crippen molar-refractivity contribution in [2.45, 2.75) is 19.8 Å². The first-order chi connectivity index (χ1) is 11.1. The van der Waals surface area contributed by atoms with Gasteiger partial charge in [0.25, 0.3) is 0 Å². The molecule has 4 heteroatoms. The highest BCUT2D eigenvalue weighted by Gasteiger charge is 2.22. The van der Waals surface area contributed by atoms with Crippen molar-refractivity contribution < 1.29 is 13.9 Å². The molecule has 23 heavy (non-hydrogen) atoms. The van der Waals surface area contributed by atoms with Gasteiger partial charge in [0.15, 0.2) is 11.6 Å². The second-order valence-corrected chi connectivity index (χ2v) is 5.44. The van der Waals surface area contributed by atoms with E-state index in [-0.39, 0.29) is 5.70 Å². The van der Waals surface area contributed by atoms with Crippen molar-refractivity contribution in [3.8, 4) is 0 Å². The summed E-state index contributed by atoms with van der Waals surface area (Å²) in [5.74, 6) is -0.553. The summed E-state index contributed by atoms with van der Waals surface area (Å²) in [6.07, 6.45) is 2.68. The number of hydrogen-bond acceptors (Lipinski definition) is 3. The fraction of sp³-hybridized carbons (Fsp3) is 0.158. The largest absolute Gasteiger partial charge is 0.407 e. The molecule has 0 aromatic heterocycles. The molecule has 1 aliphatic heterocycles. The van der Waals surface area contributed by atoms with Crippen molar-refractivity contribution in [1.29, 1.82) is 0 Å². The lowest BCUT2D eigenvalue weighted by Crippen LogP contribution is -2.05. The van der Waals surface area contributed by atoms with E-state index in [4.69, 9.17) is 4.74 Å². The Balaban J connectivity index is 1.73. The van der Waals surface area contributed by atoms with Gasteiger partial charge in [-0.2, -0.15) is 0 Å². The van der Waals surface area contributed by atoms with Crippen LogP contribution in [0.5, 0.6) is 0 Å². The lowest BCUT2D eigenvalue weighted by Gasteiger charge is -2.01. The van der Waals surface area contributed by atoms with Crippen molar-refractivity contribution in [2.75, 3.05) is 0 Å². The summed E-state index contributed by atoms with van der Waals surface area (Å²) in [5.41, 5.74) is 2.81. The number of benzene rings is 2. The van der Waals surface area contributed by atoms with Gasteiger partial charge in [0.05, 0.1) is 0 Å². The quantitative estimate of drug-likeness (QED) is 0.631. The zero-order chi connectivity index (χ0) is 16.2. The van der Waals surface area contributed by atoms with Gasteiger partial charge < -0.3 is 4.74 Å². The molecule has 0 N–H and O–H groups in total. The first-order valence-corrected chi connectivity index (χ1v) is 7.43. The first-order valence-electron chi connectivity index (χ1n) is 7.43. The van der Waals surface area contributed by atoms with Crippen molar-refractivity contribution in [2.24, 2.45) is 4.99 Å². The minimum absolute atomic E-state index is 0.134. The minimum atomic E-state index is -0.535. The predicted molar refractivity (Wildman–Crippen MR) is 87.4 cm³/mol. The van der Waals surface area contributed by atoms with E-state index in [2.05, 4.69) is 11.1 Å². The van der Waals surface area contributed by atoms with Crippen LogP contribution in [0.25, 0.3) is 6.08 Å². The Hall–Kier alpha value is -2.75. The number of nitrogens with zero attached hydrogens (tertiary/aromatic N) is 1. The number of cyclic esters (lactones) is 1. The Labute approximate surface area is 134 Å². The smallest absolute Gasteiger partial charge is 0.363 e. The third kappa shape index (κ3) is 3.72. The zero-order valence-corrected chi connectivity index (χ0v) is 12.8. The normalized spacial score (nSPS) is 15.7. The number of hydrogen-bond donors (Lipinski definition) is 0. The Morgan fingerprint density at radius 3 is 2.74 bits per heavy atom. The molecule has 2 aromatic carbocycles. The molecule has 1 heterocycles. The van der Waals surface area contributed by atoms with E-state index in [9.17, 15) is 9.18 Å². The Kier molecular flexibility index (Phi) is 4.33. The molecular formula is C19H16FNO2. The standard InChI is InChI=1S/C19H16FNO2/c1-13-5-4-6-14(11-13)9-10-18-21-17(19(22)23-18)12-15-7-2-3-8-16(15)20/h2-8,11-12H,9-10H2,1H3/b17-12-. The van der Waals surface area contributed by atoms with Crippen LogP contribution in [-0.4, -0.2) is 11.9 Å². The van der Waals surface area contributed by atoms with E-state index in [1.807, 2.05) is 25.1 Å². The number of ether oxygens (including phenoxy) is 1. The minimum Gasteiger partial charge on any atom is -0.407 e. The monoisotopic (exact) mass is 309 g/mol. The van der Waals surface area contributed by atoms with Gasteiger partial charge in [-0.15, -0.1) is 0 Å². The predicted octanol–water partition coefficient (Wildman–Crippen LogP) is 4.06. The molecule has 0 amide bonds. The van der Waals surface area contributed by atoms with Gasteiger partial charge in [-0.1, -0.05) is 48.0 Å². The van der Waals surface area contributed by atoms with Gasteiger partial charge in [-0.05, 0) is 31.1 Å². The average molecular weight is 309 g/mol. The molecule has 2 aromatic rings. The summed E-state index contributed by atoms with van der Waals surface area (Å²) in [7, 11) is 0. The van der Waals surface area contributed by atoms with Crippen LogP contribution >= 0.6 is 0 Å². The molecule has 0 aliphatic carbocycles. The maximum atomic E-state index is 13.6. The van der Waals surface area contributed by atoms with Crippen LogP contribution in [0.4, 0.5) is 4.39 Å². The number of aliphatic imine (C=N–C) groups is 1. The number of aryl methyl sites for hydroxylation is 2. The van der Waals surface area contributed by atoms with Crippen LogP contribution < -0.4 is 0 Å². The van der Waals surface area contributed by atoms with Crippen LogP contribution in [0.3, 0.4) is 0 Å². The molecule has 3 nitrogen and oxygen atoms in total. The number of carbonyl (C=O) groups excluding carboxylic acids is 1. The summed E-state index contributed by atoms with van der Waals surface area (Å²) in [5, 5.41) is 0. The fourth-order valence-electron chi connectivity index (χ4n) is 2.42. The fourth-order valence-corrected chi connectivity index (χ4v) is 2.42. The lowest BCUT2D eigenvalue weighted by molar-refractivity contribution is -0.130. The molecule has 0 fully saturated rings. The molecule has 0 saturated heterocycles. The number of rotatable bonds is 4. The second-order valence-electron chi connectivity index (χ2n) is 5.44. The average Bonchev–Trinajstić information content (AvgIpc) is 2.88. The number of carbonyl (C=O) groups is 1. The van der Waals surface area contributed by atoms with Crippen molar-refractivity contribution in [3.63, 3.8) is 0 Å². The van der Waals surface area contributed by atoms with Crippen LogP contribution in [0.15, 0.2) is 59.2 Å². The molecule has 0 spiro atoms. The highest BCUT2D eigenvalue weighted by atomic mass is 19.1. The molecule has 0 atom stereocenters. The van der Waals surface area contributed by atoms with E-state index in [1.165, 1.54) is 17.7 Å². The summed E-state index contributed by atoms with van der Waals surface area (Å²) in [4.78, 5) is 16.0. The van der Waals surface area contributed by atoms with Gasteiger partial charge in [0.2, 0.25) is 0 Å². The topological polar surface area (TPSA) is 38.7 Å². The summed E-state index contributed by atoms with van der Waals surface area (Å²) in [6.45, 7) is 2.03. The van der Waals surface area contributed by atoms with Crippen LogP contribution in [-0.2, 0) is 16.0 Å². The Morgan fingerprint density at radius 2 is 1.96 bits per heavy atom. The van der Waals surface area contributed by atoms with E-state index in [1.54, 1.807) is 18.2 Å². The summed E-state index contributed by atoms with van der Waals surface area (Å²) in [6, 6.07) is 14.4. The van der Waals surface area contributed by atoms with E-state index >= 15 is 0 Å². The molecule has 0 bridgehead atoms. The maximum absolute atomic E-state index is 13.6. The second kappa shape index (κ2) is 6.57. The molecule has 0 saturated carbocycles. The highest BCUT2D eigenvalue weighted by Crippen LogP contribution is 2.19. The molecule has 0 radical (unpaired) electrons. The van der Waals surface area contributed by atoms with Gasteiger partial charge in [-0.25, -0.2) is 14.2 Å². The number of halogens is 1. The van der Waals surface area contributed by atoms with Crippen LogP contribution in [0.2, 0.25) is 0 Å². The summed E-state index contributed by atoms with van der Waals surface area (Å²) < 4.78 is 18.8. The molecule has 116 valence electrons. The Bertz CT molecular complexity index is 809. The van der Waals surface area contributed by atoms with E-state index in [0.717, 1.165) is 12.0 Å². The highest BCUT2D eigenvalue weighted by molar-refractivity contribution is 6.07. The first kappa shape index (κ1) is 15.2. The SMILES string of the molecule is Cc1cccc(CCC2=N/C(=C\c3ccccc3F)C(=O)O2)c1. The molecule has 1 aliphatic rings. The van der Waals surface area contributed by atoms with Crippen LogP contribution in [0, 0.1) is 12.7 Å². The third-order valence-electron chi connectivity index (χ3n) is 3.57.